The predicted octanol–water partition coefficient (Wildman–Crippen LogP) is 0.0730. The Bertz CT molecular complexity index is 122. The Labute approximate surface area is 61.3 Å². The molecule has 0 aliphatic heterocycles. The lowest BCUT2D eigenvalue weighted by Gasteiger charge is -2.18. The van der Waals surface area contributed by atoms with Crippen LogP contribution in [-0.2, 0) is 0 Å². The smallest absolute Gasteiger partial charge is 0.140 e. The molecule has 0 spiro atoms. The van der Waals surface area contributed by atoms with E-state index in [1.807, 2.05) is 25.9 Å². The molecule has 0 heterocycles. The lowest BCUT2D eigenvalue weighted by atomic mass is 10.2. The zero-order valence-corrected chi connectivity index (χ0v) is 6.70. The minimum atomic E-state index is 0.279. The SMILES string of the molecule is CC(CC(N)=NO)N(C)C. The molecule has 10 heavy (non-hydrogen) atoms. The number of nitrogens with zero attached hydrogens (tertiary/aromatic N) is 2. The van der Waals surface area contributed by atoms with E-state index in [0.29, 0.717) is 12.5 Å². The molecule has 0 rings (SSSR count). The van der Waals surface area contributed by atoms with Crippen LogP contribution < -0.4 is 5.73 Å². The van der Waals surface area contributed by atoms with Crippen LogP contribution in [0, 0.1) is 0 Å². The monoisotopic (exact) mass is 145 g/mol. The first-order valence-electron chi connectivity index (χ1n) is 3.20. The maximum Gasteiger partial charge on any atom is 0.140 e. The van der Waals surface area contributed by atoms with Gasteiger partial charge in [0.15, 0.2) is 0 Å². The van der Waals surface area contributed by atoms with E-state index in [4.69, 9.17) is 10.9 Å². The van der Waals surface area contributed by atoms with Crippen LogP contribution in [0.2, 0.25) is 0 Å². The van der Waals surface area contributed by atoms with Crippen molar-refractivity contribution in [3.05, 3.63) is 0 Å². The maximum absolute atomic E-state index is 8.21. The summed E-state index contributed by atoms with van der Waals surface area (Å²) >= 11 is 0. The predicted molar refractivity (Wildman–Crippen MR) is 41.2 cm³/mol. The largest absolute Gasteiger partial charge is 0.409 e. The normalized spacial score (nSPS) is 15.8. The molecule has 0 aliphatic carbocycles. The van der Waals surface area contributed by atoms with Crippen molar-refractivity contribution in [2.75, 3.05) is 14.1 Å². The van der Waals surface area contributed by atoms with E-state index < -0.39 is 0 Å². The van der Waals surface area contributed by atoms with Gasteiger partial charge in [0.25, 0.3) is 0 Å². The molecule has 0 radical (unpaired) electrons. The van der Waals surface area contributed by atoms with E-state index in [2.05, 4.69) is 5.16 Å². The van der Waals surface area contributed by atoms with Gasteiger partial charge in [0, 0.05) is 12.5 Å². The molecule has 4 nitrogen and oxygen atoms in total. The van der Waals surface area contributed by atoms with Gasteiger partial charge in [-0.2, -0.15) is 0 Å². The van der Waals surface area contributed by atoms with Crippen LogP contribution in [0.5, 0.6) is 0 Å². The molecule has 4 heteroatoms. The van der Waals surface area contributed by atoms with E-state index in [0.717, 1.165) is 0 Å². The molecular formula is C6H15N3O. The second kappa shape index (κ2) is 4.11. The van der Waals surface area contributed by atoms with Crippen molar-refractivity contribution < 1.29 is 5.21 Å². The second-order valence-electron chi connectivity index (χ2n) is 2.61. The summed E-state index contributed by atoms with van der Waals surface area (Å²) in [6, 6.07) is 0.316. The van der Waals surface area contributed by atoms with Crippen molar-refractivity contribution in [2.45, 2.75) is 19.4 Å². The molecular weight excluding hydrogens is 130 g/mol. The van der Waals surface area contributed by atoms with Crippen LogP contribution in [0.3, 0.4) is 0 Å². The summed E-state index contributed by atoms with van der Waals surface area (Å²) in [7, 11) is 3.91. The van der Waals surface area contributed by atoms with E-state index in [-0.39, 0.29) is 5.84 Å². The van der Waals surface area contributed by atoms with Crippen LogP contribution >= 0.6 is 0 Å². The van der Waals surface area contributed by atoms with Gasteiger partial charge in [-0.1, -0.05) is 5.16 Å². The number of oxime groups is 1. The number of nitrogens with two attached hydrogens (primary N) is 1. The van der Waals surface area contributed by atoms with E-state index in [9.17, 15) is 0 Å². The molecule has 0 aromatic carbocycles. The fourth-order valence-electron chi connectivity index (χ4n) is 0.526. The Kier molecular flexibility index (Phi) is 3.79. The lowest BCUT2D eigenvalue weighted by molar-refractivity contribution is 0.301. The molecule has 1 unspecified atom stereocenters. The summed E-state index contributed by atoms with van der Waals surface area (Å²) < 4.78 is 0. The van der Waals surface area contributed by atoms with Crippen LogP contribution in [0.25, 0.3) is 0 Å². The van der Waals surface area contributed by atoms with Gasteiger partial charge in [-0.05, 0) is 21.0 Å². The Balaban J connectivity index is 3.68. The average molecular weight is 145 g/mol. The topological polar surface area (TPSA) is 61.9 Å². The van der Waals surface area contributed by atoms with E-state index in [1.165, 1.54) is 0 Å². The fourth-order valence-corrected chi connectivity index (χ4v) is 0.526. The molecule has 0 aromatic heterocycles. The molecule has 0 aromatic rings. The highest BCUT2D eigenvalue weighted by Crippen LogP contribution is 1.96. The van der Waals surface area contributed by atoms with Gasteiger partial charge >= 0.3 is 0 Å². The van der Waals surface area contributed by atoms with Gasteiger partial charge in [0.1, 0.15) is 5.84 Å². The first-order valence-corrected chi connectivity index (χ1v) is 3.20. The summed E-state index contributed by atoms with van der Waals surface area (Å²) in [4.78, 5) is 2.01. The molecule has 1 atom stereocenters. The lowest BCUT2D eigenvalue weighted by Crippen LogP contribution is -2.30. The summed E-state index contributed by atoms with van der Waals surface area (Å²) in [5.74, 6) is 0.279. The van der Waals surface area contributed by atoms with Crippen molar-refractivity contribution in [3.63, 3.8) is 0 Å². The van der Waals surface area contributed by atoms with E-state index >= 15 is 0 Å². The minimum Gasteiger partial charge on any atom is -0.409 e. The van der Waals surface area contributed by atoms with Crippen molar-refractivity contribution in [3.8, 4) is 0 Å². The van der Waals surface area contributed by atoms with Gasteiger partial charge in [-0.25, -0.2) is 0 Å². The molecule has 0 saturated heterocycles. The zero-order valence-electron chi connectivity index (χ0n) is 6.70. The van der Waals surface area contributed by atoms with Crippen LogP contribution in [0.15, 0.2) is 5.16 Å². The number of rotatable bonds is 3. The third-order valence-electron chi connectivity index (χ3n) is 1.51. The molecule has 3 N–H and O–H groups in total. The maximum atomic E-state index is 8.21. The average Bonchev–Trinajstić information content (AvgIpc) is 1.87. The Morgan fingerprint density at radius 2 is 2.20 bits per heavy atom. The highest BCUT2D eigenvalue weighted by Gasteiger charge is 2.05. The Morgan fingerprint density at radius 3 is 2.50 bits per heavy atom. The van der Waals surface area contributed by atoms with Crippen molar-refractivity contribution in [1.82, 2.24) is 4.90 Å². The highest BCUT2D eigenvalue weighted by molar-refractivity contribution is 5.80. The molecule has 0 aliphatic rings. The molecule has 0 amide bonds. The number of amidine groups is 1. The molecule has 60 valence electrons. The first kappa shape index (κ1) is 9.23. The molecule has 0 saturated carbocycles. The minimum absolute atomic E-state index is 0.279. The quantitative estimate of drug-likeness (QED) is 0.256. The Hall–Kier alpha value is -0.770. The van der Waals surface area contributed by atoms with E-state index in [1.54, 1.807) is 0 Å². The van der Waals surface area contributed by atoms with Gasteiger partial charge in [-0.3, -0.25) is 0 Å². The van der Waals surface area contributed by atoms with Gasteiger partial charge < -0.3 is 15.8 Å². The third kappa shape index (κ3) is 3.29. The molecule has 0 fully saturated rings. The summed E-state index contributed by atoms with van der Waals surface area (Å²) in [6.07, 6.45) is 0.601. The third-order valence-corrected chi connectivity index (χ3v) is 1.51. The van der Waals surface area contributed by atoms with Crippen molar-refractivity contribution in [1.29, 1.82) is 0 Å². The van der Waals surface area contributed by atoms with Crippen molar-refractivity contribution in [2.24, 2.45) is 10.9 Å². The summed E-state index contributed by atoms with van der Waals surface area (Å²) in [5, 5.41) is 11.1. The fraction of sp³-hybridized carbons (Fsp3) is 0.833. The van der Waals surface area contributed by atoms with Gasteiger partial charge in [-0.15, -0.1) is 0 Å². The standard InChI is InChI=1S/C6H15N3O/c1-5(9(2)3)4-6(7)8-10/h5,10H,4H2,1-3H3,(H2,7,8). The van der Waals surface area contributed by atoms with Gasteiger partial charge in [0.05, 0.1) is 0 Å². The number of hydrogen-bond donors (Lipinski definition) is 2. The number of hydrogen-bond acceptors (Lipinski definition) is 3. The molecule has 0 bridgehead atoms. The first-order chi connectivity index (χ1) is 4.57. The summed E-state index contributed by atoms with van der Waals surface area (Å²) in [6.45, 7) is 2.01. The second-order valence-corrected chi connectivity index (χ2v) is 2.61. The van der Waals surface area contributed by atoms with Gasteiger partial charge in [0.2, 0.25) is 0 Å². The van der Waals surface area contributed by atoms with Crippen molar-refractivity contribution >= 4 is 5.84 Å². The highest BCUT2D eigenvalue weighted by atomic mass is 16.4. The summed E-state index contributed by atoms with van der Waals surface area (Å²) in [5.41, 5.74) is 5.28. The van der Waals surface area contributed by atoms with Crippen LogP contribution in [0.1, 0.15) is 13.3 Å². The van der Waals surface area contributed by atoms with Crippen LogP contribution in [0.4, 0.5) is 0 Å². The Morgan fingerprint density at radius 1 is 1.70 bits per heavy atom. The van der Waals surface area contributed by atoms with Crippen LogP contribution in [-0.4, -0.2) is 36.1 Å². The zero-order chi connectivity index (χ0) is 8.15.